The third-order valence-electron chi connectivity index (χ3n) is 1.11. The van der Waals surface area contributed by atoms with E-state index < -0.39 is 5.82 Å². The second-order valence-electron chi connectivity index (χ2n) is 1.99. The average molecular weight is 185 g/mol. The number of pyridine rings is 1. The van der Waals surface area contributed by atoms with Gasteiger partial charge < -0.3 is 4.74 Å². The van der Waals surface area contributed by atoms with E-state index in [1.54, 1.807) is 6.92 Å². The van der Waals surface area contributed by atoms with Gasteiger partial charge in [0.2, 0.25) is 5.88 Å². The highest BCUT2D eigenvalue weighted by Crippen LogP contribution is 2.09. The van der Waals surface area contributed by atoms with Crippen LogP contribution in [0, 0.1) is 5.82 Å². The minimum atomic E-state index is -0.521. The Labute approximate surface area is 77.3 Å². The van der Waals surface area contributed by atoms with E-state index in [0.717, 1.165) is 0 Å². The normalized spacial score (nSPS) is 8.62. The van der Waals surface area contributed by atoms with Gasteiger partial charge in [0.15, 0.2) is 5.82 Å². The van der Waals surface area contributed by atoms with Crippen molar-refractivity contribution in [1.82, 2.24) is 4.98 Å². The number of nitrogens with zero attached hydrogens (tertiary/aromatic N) is 1. The van der Waals surface area contributed by atoms with Gasteiger partial charge in [-0.25, -0.2) is 9.37 Å². The molecule has 0 aliphatic rings. The van der Waals surface area contributed by atoms with Crippen molar-refractivity contribution in [3.8, 4) is 5.88 Å². The quantitative estimate of drug-likeness (QED) is 0.641. The van der Waals surface area contributed by atoms with Crippen LogP contribution in [0.5, 0.6) is 5.88 Å². The van der Waals surface area contributed by atoms with Gasteiger partial charge in [0, 0.05) is 6.20 Å². The van der Waals surface area contributed by atoms with Crippen LogP contribution >= 0.6 is 0 Å². The lowest BCUT2D eigenvalue weighted by Gasteiger charge is -2.02. The number of rotatable bonds is 2. The van der Waals surface area contributed by atoms with Crippen LogP contribution < -0.4 is 10.2 Å². The SMILES string of the molecule is CF.[B]c1cnc(OCC)c(F)c1. The van der Waals surface area contributed by atoms with Gasteiger partial charge in [-0.2, -0.15) is 0 Å². The fraction of sp³-hybridized carbons (Fsp3) is 0.375. The molecule has 0 fully saturated rings. The number of aromatic nitrogens is 1. The summed E-state index contributed by atoms with van der Waals surface area (Å²) in [5.74, 6) is -0.520. The zero-order chi connectivity index (χ0) is 10.3. The van der Waals surface area contributed by atoms with Crippen LogP contribution in [-0.2, 0) is 0 Å². The predicted molar refractivity (Wildman–Crippen MR) is 47.8 cm³/mol. The van der Waals surface area contributed by atoms with Crippen LogP contribution in [0.25, 0.3) is 0 Å². The van der Waals surface area contributed by atoms with Crippen molar-refractivity contribution in [2.75, 3.05) is 13.8 Å². The molecule has 0 saturated heterocycles. The number of hydrogen-bond donors (Lipinski definition) is 0. The lowest BCUT2D eigenvalue weighted by atomic mass is 9.99. The molecular formula is C8H10BF2NO. The molecule has 2 nitrogen and oxygen atoms in total. The van der Waals surface area contributed by atoms with Crippen molar-refractivity contribution in [1.29, 1.82) is 0 Å². The molecule has 0 N–H and O–H groups in total. The summed E-state index contributed by atoms with van der Waals surface area (Å²) in [6.45, 7) is 2.16. The van der Waals surface area contributed by atoms with Gasteiger partial charge in [-0.05, 0) is 13.0 Å². The summed E-state index contributed by atoms with van der Waals surface area (Å²) >= 11 is 0. The Balaban J connectivity index is 0.000000671. The molecule has 0 aliphatic carbocycles. The standard InChI is InChI=1S/C7H7BFNO.CH3F/c1-2-11-7-6(9)3-5(8)4-10-7;1-2/h3-4H,2H2,1H3;1H3. The number of halogens is 2. The van der Waals surface area contributed by atoms with E-state index in [0.29, 0.717) is 19.2 Å². The second-order valence-corrected chi connectivity index (χ2v) is 1.99. The Bertz CT molecular complexity index is 258. The molecule has 70 valence electrons. The first-order valence-corrected chi connectivity index (χ1v) is 3.65. The second kappa shape index (κ2) is 6.40. The van der Waals surface area contributed by atoms with Crippen molar-refractivity contribution >= 4 is 13.3 Å². The molecular weight excluding hydrogens is 175 g/mol. The fourth-order valence-corrected chi connectivity index (χ4v) is 0.683. The van der Waals surface area contributed by atoms with Gasteiger partial charge >= 0.3 is 0 Å². The Kier molecular flexibility index (Phi) is 5.84. The third kappa shape index (κ3) is 3.87. The molecule has 0 spiro atoms. The highest BCUT2D eigenvalue weighted by molar-refractivity contribution is 6.32. The minimum Gasteiger partial charge on any atom is -0.476 e. The van der Waals surface area contributed by atoms with Crippen LogP contribution in [0.15, 0.2) is 12.3 Å². The van der Waals surface area contributed by atoms with Gasteiger partial charge in [0.05, 0.1) is 13.8 Å². The van der Waals surface area contributed by atoms with E-state index in [9.17, 15) is 8.78 Å². The summed E-state index contributed by atoms with van der Waals surface area (Å²) < 4.78 is 27.1. The maximum Gasteiger partial charge on any atom is 0.250 e. The maximum atomic E-state index is 12.8. The molecule has 0 bridgehead atoms. The van der Waals surface area contributed by atoms with Gasteiger partial charge in [0.25, 0.3) is 0 Å². The zero-order valence-electron chi connectivity index (χ0n) is 7.55. The van der Waals surface area contributed by atoms with Crippen molar-refractivity contribution in [2.45, 2.75) is 6.92 Å². The largest absolute Gasteiger partial charge is 0.476 e. The first kappa shape index (κ1) is 11.9. The molecule has 13 heavy (non-hydrogen) atoms. The van der Waals surface area contributed by atoms with Gasteiger partial charge in [-0.3, -0.25) is 4.39 Å². The summed E-state index contributed by atoms with van der Waals surface area (Å²) in [5.41, 5.74) is 0.297. The smallest absolute Gasteiger partial charge is 0.250 e. The average Bonchev–Trinajstić information content (AvgIpc) is 2.14. The summed E-state index contributed by atoms with van der Waals surface area (Å²) in [6.07, 6.45) is 1.36. The molecule has 5 heteroatoms. The van der Waals surface area contributed by atoms with Gasteiger partial charge in [-0.1, -0.05) is 5.46 Å². The van der Waals surface area contributed by atoms with E-state index in [2.05, 4.69) is 4.98 Å². The number of ether oxygens (including phenoxy) is 1. The fourth-order valence-electron chi connectivity index (χ4n) is 0.683. The van der Waals surface area contributed by atoms with E-state index in [4.69, 9.17) is 12.6 Å². The summed E-state index contributed by atoms with van der Waals surface area (Å²) in [7, 11) is 5.77. The molecule has 2 radical (unpaired) electrons. The molecule has 1 aromatic heterocycles. The van der Waals surface area contributed by atoms with E-state index in [1.807, 2.05) is 0 Å². The van der Waals surface area contributed by atoms with Crippen LogP contribution in [-0.4, -0.2) is 26.6 Å². The Hall–Kier alpha value is -1.13. The molecule has 0 aliphatic heterocycles. The van der Waals surface area contributed by atoms with Crippen LogP contribution in [0.3, 0.4) is 0 Å². The Morgan fingerprint density at radius 3 is 2.62 bits per heavy atom. The first-order valence-electron chi connectivity index (χ1n) is 3.65. The first-order chi connectivity index (χ1) is 6.24. The van der Waals surface area contributed by atoms with Crippen molar-refractivity contribution < 1.29 is 13.5 Å². The highest BCUT2D eigenvalue weighted by Gasteiger charge is 2.02. The Morgan fingerprint density at radius 2 is 2.15 bits per heavy atom. The van der Waals surface area contributed by atoms with Crippen molar-refractivity contribution in [2.24, 2.45) is 0 Å². The van der Waals surface area contributed by atoms with Crippen LogP contribution in [0.2, 0.25) is 0 Å². The van der Waals surface area contributed by atoms with E-state index in [-0.39, 0.29) is 5.88 Å². The topological polar surface area (TPSA) is 22.1 Å². The van der Waals surface area contributed by atoms with E-state index in [1.165, 1.54) is 12.3 Å². The molecule has 1 heterocycles. The van der Waals surface area contributed by atoms with Crippen molar-refractivity contribution in [3.63, 3.8) is 0 Å². The predicted octanol–water partition coefficient (Wildman–Crippen LogP) is 0.999. The summed E-state index contributed by atoms with van der Waals surface area (Å²) in [4.78, 5) is 3.65. The number of hydrogen-bond acceptors (Lipinski definition) is 2. The lowest BCUT2D eigenvalue weighted by Crippen LogP contribution is -2.07. The summed E-state index contributed by atoms with van der Waals surface area (Å²) in [5, 5.41) is 0. The molecule has 1 rings (SSSR count). The van der Waals surface area contributed by atoms with Crippen molar-refractivity contribution in [3.05, 3.63) is 18.1 Å². The van der Waals surface area contributed by atoms with Crippen LogP contribution in [0.4, 0.5) is 8.78 Å². The number of alkyl halides is 1. The minimum absolute atomic E-state index is 0.00157. The van der Waals surface area contributed by atoms with Gasteiger partial charge in [0.1, 0.15) is 7.85 Å². The lowest BCUT2D eigenvalue weighted by molar-refractivity contribution is 0.307. The van der Waals surface area contributed by atoms with Crippen LogP contribution in [0.1, 0.15) is 6.92 Å². The molecule has 0 atom stereocenters. The molecule has 0 unspecified atom stereocenters. The highest BCUT2D eigenvalue weighted by atomic mass is 19.1. The monoisotopic (exact) mass is 185 g/mol. The molecule has 0 amide bonds. The molecule has 0 saturated carbocycles. The third-order valence-corrected chi connectivity index (χ3v) is 1.11. The molecule has 1 aromatic rings. The maximum absolute atomic E-state index is 12.8. The Morgan fingerprint density at radius 1 is 1.54 bits per heavy atom. The molecule has 0 aromatic carbocycles. The summed E-state index contributed by atoms with van der Waals surface area (Å²) in [6, 6.07) is 1.18. The van der Waals surface area contributed by atoms with E-state index >= 15 is 0 Å². The zero-order valence-corrected chi connectivity index (χ0v) is 7.55. The van der Waals surface area contributed by atoms with Gasteiger partial charge in [-0.15, -0.1) is 0 Å².